The molecule has 2 N–H and O–H groups in total. The van der Waals surface area contributed by atoms with E-state index in [9.17, 15) is 4.79 Å². The zero-order valence-electron chi connectivity index (χ0n) is 14.2. The molecule has 0 unspecified atom stereocenters. The average molecular weight is 318 g/mol. The van der Waals surface area contributed by atoms with Gasteiger partial charge in [-0.3, -0.25) is 4.79 Å². The minimum atomic E-state index is -0.0776. The SMILES string of the molecule is CCc1ccc2c(c1)c(C)c(C(=O)NCCOCCO)n2CC. The minimum Gasteiger partial charge on any atom is -0.394 e. The van der Waals surface area contributed by atoms with Crippen molar-refractivity contribution in [2.45, 2.75) is 33.7 Å². The number of fused-ring (bicyclic) bond motifs is 1. The number of aryl methyl sites for hydroxylation is 3. The molecule has 0 fully saturated rings. The Morgan fingerprint density at radius 2 is 2.09 bits per heavy atom. The van der Waals surface area contributed by atoms with E-state index < -0.39 is 0 Å². The highest BCUT2D eigenvalue weighted by atomic mass is 16.5. The highest BCUT2D eigenvalue weighted by Gasteiger charge is 2.19. The number of aliphatic hydroxyl groups is 1. The number of rotatable bonds is 8. The summed E-state index contributed by atoms with van der Waals surface area (Å²) in [6.07, 6.45) is 0.983. The molecule has 2 aromatic rings. The van der Waals surface area contributed by atoms with Crippen molar-refractivity contribution in [2.75, 3.05) is 26.4 Å². The third-order valence-electron chi connectivity index (χ3n) is 4.09. The fourth-order valence-electron chi connectivity index (χ4n) is 2.90. The van der Waals surface area contributed by atoms with E-state index in [4.69, 9.17) is 9.84 Å². The van der Waals surface area contributed by atoms with Crippen LogP contribution in [-0.2, 0) is 17.7 Å². The standard InChI is InChI=1S/C18H26N2O3/c1-4-14-6-7-16-15(12-14)13(3)17(20(16)5-2)18(22)19-8-10-23-11-9-21/h6-7,12,21H,4-5,8-11H2,1-3H3,(H,19,22). The van der Waals surface area contributed by atoms with E-state index in [1.54, 1.807) is 0 Å². The predicted octanol–water partition coefficient (Wildman–Crippen LogP) is 2.27. The maximum absolute atomic E-state index is 12.6. The first-order valence-electron chi connectivity index (χ1n) is 8.22. The quantitative estimate of drug-likeness (QED) is 0.734. The lowest BCUT2D eigenvalue weighted by molar-refractivity contribution is 0.0832. The van der Waals surface area contributed by atoms with E-state index >= 15 is 0 Å². The molecule has 0 saturated carbocycles. The molecular weight excluding hydrogens is 292 g/mol. The lowest BCUT2D eigenvalue weighted by Gasteiger charge is -2.10. The number of ether oxygens (including phenoxy) is 1. The number of hydrogen-bond donors (Lipinski definition) is 2. The summed E-state index contributed by atoms with van der Waals surface area (Å²) in [5.41, 5.74) is 4.12. The number of carbonyl (C=O) groups excluding carboxylic acids is 1. The summed E-state index contributed by atoms with van der Waals surface area (Å²) < 4.78 is 7.24. The second-order valence-electron chi connectivity index (χ2n) is 5.51. The molecule has 0 aliphatic rings. The highest BCUT2D eigenvalue weighted by molar-refractivity contribution is 6.01. The highest BCUT2D eigenvalue weighted by Crippen LogP contribution is 2.27. The number of nitrogens with one attached hydrogen (secondary N) is 1. The van der Waals surface area contributed by atoms with E-state index in [1.165, 1.54) is 5.56 Å². The summed E-state index contributed by atoms with van der Waals surface area (Å²) in [5, 5.41) is 12.7. The Labute approximate surface area is 137 Å². The molecule has 0 aliphatic heterocycles. The smallest absolute Gasteiger partial charge is 0.268 e. The van der Waals surface area contributed by atoms with Gasteiger partial charge in [-0.25, -0.2) is 0 Å². The van der Waals surface area contributed by atoms with Crippen LogP contribution in [0.15, 0.2) is 18.2 Å². The van der Waals surface area contributed by atoms with Crippen LogP contribution in [0, 0.1) is 6.92 Å². The van der Waals surface area contributed by atoms with E-state index in [2.05, 4.69) is 35.0 Å². The molecule has 5 heteroatoms. The van der Waals surface area contributed by atoms with Crippen LogP contribution >= 0.6 is 0 Å². The largest absolute Gasteiger partial charge is 0.394 e. The Hall–Kier alpha value is -1.85. The van der Waals surface area contributed by atoms with Gasteiger partial charge in [0.15, 0.2) is 0 Å². The number of aromatic nitrogens is 1. The van der Waals surface area contributed by atoms with Crippen LogP contribution in [0.25, 0.3) is 10.9 Å². The summed E-state index contributed by atoms with van der Waals surface area (Å²) in [5.74, 6) is -0.0776. The molecule has 0 radical (unpaired) electrons. The van der Waals surface area contributed by atoms with Gasteiger partial charge in [0.05, 0.1) is 19.8 Å². The van der Waals surface area contributed by atoms with Gasteiger partial charge in [0.2, 0.25) is 0 Å². The molecule has 2 rings (SSSR count). The van der Waals surface area contributed by atoms with Gasteiger partial charge in [0.25, 0.3) is 5.91 Å². The molecule has 23 heavy (non-hydrogen) atoms. The van der Waals surface area contributed by atoms with Crippen LogP contribution in [-0.4, -0.2) is 41.9 Å². The summed E-state index contributed by atoms with van der Waals surface area (Å²) in [6.45, 7) is 8.06. The molecule has 0 saturated heterocycles. The molecule has 0 bridgehead atoms. The van der Waals surface area contributed by atoms with Gasteiger partial charge in [-0.15, -0.1) is 0 Å². The normalized spacial score (nSPS) is 11.1. The second kappa shape index (κ2) is 8.13. The summed E-state index contributed by atoms with van der Waals surface area (Å²) in [4.78, 5) is 12.6. The fraction of sp³-hybridized carbons (Fsp3) is 0.500. The number of carbonyl (C=O) groups is 1. The zero-order valence-corrected chi connectivity index (χ0v) is 14.2. The van der Waals surface area contributed by atoms with Crippen molar-refractivity contribution in [1.29, 1.82) is 0 Å². The van der Waals surface area contributed by atoms with Crippen LogP contribution < -0.4 is 5.32 Å². The minimum absolute atomic E-state index is 0.00308. The Kier molecular flexibility index (Phi) is 6.19. The lowest BCUT2D eigenvalue weighted by atomic mass is 10.1. The Morgan fingerprint density at radius 1 is 1.30 bits per heavy atom. The third kappa shape index (κ3) is 3.74. The Balaban J connectivity index is 2.25. The summed E-state index contributed by atoms with van der Waals surface area (Å²) in [6, 6.07) is 6.40. The zero-order chi connectivity index (χ0) is 16.8. The predicted molar refractivity (Wildman–Crippen MR) is 92.0 cm³/mol. The van der Waals surface area contributed by atoms with Crippen LogP contribution in [0.1, 0.15) is 35.5 Å². The van der Waals surface area contributed by atoms with E-state index in [-0.39, 0.29) is 12.5 Å². The first-order valence-corrected chi connectivity index (χ1v) is 8.22. The van der Waals surface area contributed by atoms with Crippen molar-refractivity contribution < 1.29 is 14.6 Å². The van der Waals surface area contributed by atoms with Gasteiger partial charge in [-0.2, -0.15) is 0 Å². The van der Waals surface area contributed by atoms with Crippen LogP contribution in [0.4, 0.5) is 0 Å². The van der Waals surface area contributed by atoms with Crippen molar-refractivity contribution in [2.24, 2.45) is 0 Å². The van der Waals surface area contributed by atoms with Crippen molar-refractivity contribution >= 4 is 16.8 Å². The van der Waals surface area contributed by atoms with Crippen LogP contribution in [0.5, 0.6) is 0 Å². The molecule has 1 amide bonds. The van der Waals surface area contributed by atoms with E-state index in [0.29, 0.717) is 19.8 Å². The van der Waals surface area contributed by atoms with Crippen molar-refractivity contribution in [3.05, 3.63) is 35.0 Å². The molecule has 5 nitrogen and oxygen atoms in total. The average Bonchev–Trinajstić information content (AvgIpc) is 2.86. The number of benzene rings is 1. The Morgan fingerprint density at radius 3 is 2.74 bits per heavy atom. The van der Waals surface area contributed by atoms with Gasteiger partial charge in [0, 0.05) is 24.0 Å². The van der Waals surface area contributed by atoms with Crippen LogP contribution in [0.3, 0.4) is 0 Å². The number of hydrogen-bond acceptors (Lipinski definition) is 3. The molecule has 1 aromatic carbocycles. The first-order chi connectivity index (χ1) is 11.1. The lowest BCUT2D eigenvalue weighted by Crippen LogP contribution is -2.30. The molecule has 0 aliphatic carbocycles. The van der Waals surface area contributed by atoms with Crippen LogP contribution in [0.2, 0.25) is 0 Å². The maximum Gasteiger partial charge on any atom is 0.268 e. The van der Waals surface area contributed by atoms with Crippen molar-refractivity contribution in [1.82, 2.24) is 9.88 Å². The molecular formula is C18H26N2O3. The van der Waals surface area contributed by atoms with Gasteiger partial charge >= 0.3 is 0 Å². The van der Waals surface area contributed by atoms with Gasteiger partial charge in [0.1, 0.15) is 5.69 Å². The summed E-state index contributed by atoms with van der Waals surface area (Å²) >= 11 is 0. The second-order valence-corrected chi connectivity index (χ2v) is 5.51. The fourth-order valence-corrected chi connectivity index (χ4v) is 2.90. The molecule has 126 valence electrons. The van der Waals surface area contributed by atoms with Gasteiger partial charge in [-0.1, -0.05) is 13.0 Å². The number of nitrogens with zero attached hydrogens (tertiary/aromatic N) is 1. The monoisotopic (exact) mass is 318 g/mol. The number of amides is 1. The van der Waals surface area contributed by atoms with E-state index in [1.807, 2.05) is 13.8 Å². The maximum atomic E-state index is 12.6. The first kappa shape index (κ1) is 17.5. The van der Waals surface area contributed by atoms with E-state index in [0.717, 1.165) is 35.1 Å². The molecule has 1 heterocycles. The molecule has 0 spiro atoms. The van der Waals surface area contributed by atoms with Gasteiger partial charge < -0.3 is 19.7 Å². The van der Waals surface area contributed by atoms with Crippen molar-refractivity contribution in [3.8, 4) is 0 Å². The Bertz CT molecular complexity index is 676. The molecule has 1 aromatic heterocycles. The number of aliphatic hydroxyl groups excluding tert-OH is 1. The third-order valence-corrected chi connectivity index (χ3v) is 4.09. The molecule has 0 atom stereocenters. The van der Waals surface area contributed by atoms with Gasteiger partial charge in [-0.05, 0) is 43.5 Å². The van der Waals surface area contributed by atoms with Crippen molar-refractivity contribution in [3.63, 3.8) is 0 Å². The summed E-state index contributed by atoms with van der Waals surface area (Å²) in [7, 11) is 0. The topological polar surface area (TPSA) is 63.5 Å².